The molecule has 1 rings (SSSR count). The standard InChI is InChI=1S/C9H21N3O2S/c1-8(2)11(3)15(13,14)12-5-4-9(6-10)7-12/h8-9H,4-7,10H2,1-3H3. The van der Waals surface area contributed by atoms with Crippen LogP contribution in [0.15, 0.2) is 0 Å². The molecule has 1 saturated heterocycles. The average Bonchev–Trinajstić information content (AvgIpc) is 2.65. The van der Waals surface area contributed by atoms with Crippen LogP contribution in [-0.4, -0.2) is 49.8 Å². The second-order valence-corrected chi connectivity index (χ2v) is 6.35. The van der Waals surface area contributed by atoms with Crippen molar-refractivity contribution in [3.05, 3.63) is 0 Å². The van der Waals surface area contributed by atoms with Crippen LogP contribution in [0.1, 0.15) is 20.3 Å². The summed E-state index contributed by atoms with van der Waals surface area (Å²) in [6.45, 7) is 5.47. The van der Waals surface area contributed by atoms with Gasteiger partial charge in [-0.3, -0.25) is 0 Å². The van der Waals surface area contributed by atoms with Crippen LogP contribution in [-0.2, 0) is 10.2 Å². The predicted molar refractivity (Wildman–Crippen MR) is 60.6 cm³/mol. The first-order valence-electron chi connectivity index (χ1n) is 5.32. The Morgan fingerprint density at radius 3 is 2.53 bits per heavy atom. The van der Waals surface area contributed by atoms with Crippen LogP contribution in [0.4, 0.5) is 0 Å². The lowest BCUT2D eigenvalue weighted by Gasteiger charge is -2.26. The van der Waals surface area contributed by atoms with Gasteiger partial charge in [-0.2, -0.15) is 17.0 Å². The lowest BCUT2D eigenvalue weighted by molar-refractivity contribution is 0.355. The van der Waals surface area contributed by atoms with Crippen molar-refractivity contribution in [3.63, 3.8) is 0 Å². The molecule has 0 aromatic heterocycles. The Labute approximate surface area is 92.4 Å². The molecule has 90 valence electrons. The van der Waals surface area contributed by atoms with E-state index in [-0.39, 0.29) is 6.04 Å². The maximum atomic E-state index is 12.0. The van der Waals surface area contributed by atoms with Crippen LogP contribution < -0.4 is 5.73 Å². The molecule has 0 aromatic carbocycles. The monoisotopic (exact) mass is 235 g/mol. The second-order valence-electron chi connectivity index (χ2n) is 4.37. The third-order valence-corrected chi connectivity index (χ3v) is 5.13. The highest BCUT2D eigenvalue weighted by Gasteiger charge is 2.34. The molecule has 0 bridgehead atoms. The molecule has 1 aliphatic heterocycles. The fourth-order valence-corrected chi connectivity index (χ4v) is 3.28. The molecule has 2 N–H and O–H groups in total. The summed E-state index contributed by atoms with van der Waals surface area (Å²) in [6, 6.07) is -0.00748. The number of hydrogen-bond donors (Lipinski definition) is 1. The molecule has 15 heavy (non-hydrogen) atoms. The van der Waals surface area contributed by atoms with Crippen molar-refractivity contribution >= 4 is 10.2 Å². The maximum absolute atomic E-state index is 12.0. The van der Waals surface area contributed by atoms with Gasteiger partial charge in [-0.25, -0.2) is 0 Å². The summed E-state index contributed by atoms with van der Waals surface area (Å²) < 4.78 is 27.0. The summed E-state index contributed by atoms with van der Waals surface area (Å²) in [5.74, 6) is 0.320. The van der Waals surface area contributed by atoms with Crippen molar-refractivity contribution in [1.29, 1.82) is 0 Å². The first kappa shape index (κ1) is 12.9. The van der Waals surface area contributed by atoms with Gasteiger partial charge in [0, 0.05) is 26.2 Å². The van der Waals surface area contributed by atoms with E-state index in [9.17, 15) is 8.42 Å². The van der Waals surface area contributed by atoms with E-state index in [1.807, 2.05) is 13.8 Å². The zero-order chi connectivity index (χ0) is 11.6. The van der Waals surface area contributed by atoms with E-state index < -0.39 is 10.2 Å². The zero-order valence-corrected chi connectivity index (χ0v) is 10.5. The van der Waals surface area contributed by atoms with Crippen molar-refractivity contribution in [2.45, 2.75) is 26.3 Å². The lowest BCUT2D eigenvalue weighted by atomic mass is 10.1. The third-order valence-electron chi connectivity index (χ3n) is 3.00. The number of nitrogens with zero attached hydrogens (tertiary/aromatic N) is 2. The Morgan fingerprint density at radius 1 is 1.53 bits per heavy atom. The van der Waals surface area contributed by atoms with Gasteiger partial charge in [0.05, 0.1) is 0 Å². The van der Waals surface area contributed by atoms with Crippen molar-refractivity contribution in [1.82, 2.24) is 8.61 Å². The van der Waals surface area contributed by atoms with E-state index in [4.69, 9.17) is 5.73 Å². The molecule has 0 aliphatic carbocycles. The molecular formula is C9H21N3O2S. The predicted octanol–water partition coefficient (Wildman–Crippen LogP) is -0.148. The third kappa shape index (κ3) is 2.69. The summed E-state index contributed by atoms with van der Waals surface area (Å²) >= 11 is 0. The van der Waals surface area contributed by atoms with Gasteiger partial charge < -0.3 is 5.73 Å². The minimum Gasteiger partial charge on any atom is -0.330 e. The van der Waals surface area contributed by atoms with E-state index in [0.29, 0.717) is 25.6 Å². The number of nitrogens with two attached hydrogens (primary N) is 1. The highest BCUT2D eigenvalue weighted by Crippen LogP contribution is 2.20. The highest BCUT2D eigenvalue weighted by molar-refractivity contribution is 7.86. The van der Waals surface area contributed by atoms with Crippen molar-refractivity contribution in [2.75, 3.05) is 26.7 Å². The zero-order valence-electron chi connectivity index (χ0n) is 9.68. The van der Waals surface area contributed by atoms with Crippen molar-refractivity contribution < 1.29 is 8.42 Å². The molecule has 0 spiro atoms. The van der Waals surface area contributed by atoms with Gasteiger partial charge in [-0.05, 0) is 32.7 Å². The smallest absolute Gasteiger partial charge is 0.281 e. The van der Waals surface area contributed by atoms with Gasteiger partial charge in [-0.15, -0.1) is 0 Å². The Balaban J connectivity index is 2.72. The van der Waals surface area contributed by atoms with Gasteiger partial charge >= 0.3 is 0 Å². The number of hydrogen-bond acceptors (Lipinski definition) is 3. The highest BCUT2D eigenvalue weighted by atomic mass is 32.2. The fourth-order valence-electron chi connectivity index (χ4n) is 1.65. The quantitative estimate of drug-likeness (QED) is 0.737. The average molecular weight is 235 g/mol. The SMILES string of the molecule is CC(C)N(C)S(=O)(=O)N1CCC(CN)C1. The molecule has 5 nitrogen and oxygen atoms in total. The first-order valence-corrected chi connectivity index (χ1v) is 6.72. The van der Waals surface area contributed by atoms with Crippen LogP contribution in [0, 0.1) is 5.92 Å². The van der Waals surface area contributed by atoms with Gasteiger partial charge in [0.2, 0.25) is 0 Å². The van der Waals surface area contributed by atoms with E-state index in [1.165, 1.54) is 8.61 Å². The molecule has 1 heterocycles. The molecule has 6 heteroatoms. The van der Waals surface area contributed by atoms with Gasteiger partial charge in [0.1, 0.15) is 0 Å². The normalized spacial score (nSPS) is 24.3. The largest absolute Gasteiger partial charge is 0.330 e. The van der Waals surface area contributed by atoms with Crippen molar-refractivity contribution in [2.24, 2.45) is 11.7 Å². The van der Waals surface area contributed by atoms with Crippen LogP contribution in [0.3, 0.4) is 0 Å². The first-order chi connectivity index (χ1) is 6.89. The van der Waals surface area contributed by atoms with E-state index in [0.717, 1.165) is 6.42 Å². The van der Waals surface area contributed by atoms with Crippen LogP contribution in [0.2, 0.25) is 0 Å². The molecule has 0 radical (unpaired) electrons. The summed E-state index contributed by atoms with van der Waals surface area (Å²) in [5.41, 5.74) is 5.54. The Kier molecular flexibility index (Phi) is 4.11. The molecule has 1 unspecified atom stereocenters. The van der Waals surface area contributed by atoms with Crippen molar-refractivity contribution in [3.8, 4) is 0 Å². The fraction of sp³-hybridized carbons (Fsp3) is 1.00. The summed E-state index contributed by atoms with van der Waals surface area (Å²) in [4.78, 5) is 0. The number of rotatable bonds is 4. The molecule has 0 amide bonds. The van der Waals surface area contributed by atoms with Crippen LogP contribution >= 0.6 is 0 Å². The molecule has 1 fully saturated rings. The molecule has 0 aromatic rings. The molecule has 1 aliphatic rings. The summed E-state index contributed by atoms with van der Waals surface area (Å²) in [6.07, 6.45) is 0.877. The van der Waals surface area contributed by atoms with Gasteiger partial charge in [-0.1, -0.05) is 0 Å². The van der Waals surface area contributed by atoms with E-state index in [1.54, 1.807) is 7.05 Å². The Bertz CT molecular complexity index is 302. The van der Waals surface area contributed by atoms with E-state index in [2.05, 4.69) is 0 Å². The minimum atomic E-state index is -3.27. The topological polar surface area (TPSA) is 66.6 Å². The maximum Gasteiger partial charge on any atom is 0.281 e. The molecule has 0 saturated carbocycles. The van der Waals surface area contributed by atoms with Crippen LogP contribution in [0.25, 0.3) is 0 Å². The minimum absolute atomic E-state index is 0.00748. The summed E-state index contributed by atoms with van der Waals surface area (Å²) in [7, 11) is -1.65. The second kappa shape index (κ2) is 4.78. The lowest BCUT2D eigenvalue weighted by Crippen LogP contribution is -2.44. The van der Waals surface area contributed by atoms with Crippen LogP contribution in [0.5, 0.6) is 0 Å². The molecular weight excluding hydrogens is 214 g/mol. The molecule has 1 atom stereocenters. The summed E-state index contributed by atoms with van der Waals surface area (Å²) in [5, 5.41) is 0. The van der Waals surface area contributed by atoms with E-state index >= 15 is 0 Å². The Hall–Kier alpha value is -0.170. The Morgan fingerprint density at radius 2 is 2.13 bits per heavy atom. The van der Waals surface area contributed by atoms with Gasteiger partial charge in [0.15, 0.2) is 0 Å². The van der Waals surface area contributed by atoms with Gasteiger partial charge in [0.25, 0.3) is 10.2 Å².